The van der Waals surface area contributed by atoms with Gasteiger partial charge in [-0.05, 0) is 26.7 Å². The topological polar surface area (TPSA) is 99.7 Å². The number of aryl methyl sites for hydroxylation is 3. The second kappa shape index (κ2) is 7.33. The summed E-state index contributed by atoms with van der Waals surface area (Å²) in [6, 6.07) is 0.555. The summed E-state index contributed by atoms with van der Waals surface area (Å²) in [5, 5.41) is 4.53. The molecule has 1 saturated heterocycles. The van der Waals surface area contributed by atoms with Crippen molar-refractivity contribution in [3.8, 4) is 11.4 Å². The van der Waals surface area contributed by atoms with Gasteiger partial charge in [0.15, 0.2) is 5.65 Å². The summed E-state index contributed by atoms with van der Waals surface area (Å²) in [6.45, 7) is 5.87. The maximum Gasteiger partial charge on any atom is 0.228 e. The van der Waals surface area contributed by atoms with E-state index in [4.69, 9.17) is 24.7 Å². The summed E-state index contributed by atoms with van der Waals surface area (Å²) >= 11 is 0. The maximum atomic E-state index is 6.08. The Bertz CT molecular complexity index is 1310. The zero-order chi connectivity index (χ0) is 21.8. The van der Waals surface area contributed by atoms with Crippen LogP contribution in [0, 0.1) is 13.8 Å². The third kappa shape index (κ3) is 3.31. The quantitative estimate of drug-likeness (QED) is 0.486. The lowest BCUT2D eigenvalue weighted by Gasteiger charge is -2.32. The van der Waals surface area contributed by atoms with Crippen LogP contribution in [0.25, 0.3) is 22.6 Å². The SMILES string of the molecule is Cc1nc2nc(N3CCOC(c4cnn(C5CC5)c4)C3)nc(-c3cncn3C)c2nc1C. The fourth-order valence-electron chi connectivity index (χ4n) is 4.10. The molecule has 10 nitrogen and oxygen atoms in total. The Balaban J connectivity index is 1.39. The van der Waals surface area contributed by atoms with Crippen LogP contribution in [0.15, 0.2) is 24.9 Å². The normalized spacial score (nSPS) is 19.1. The first-order valence-electron chi connectivity index (χ1n) is 11.0. The van der Waals surface area contributed by atoms with Crippen molar-refractivity contribution in [2.24, 2.45) is 7.05 Å². The molecule has 5 heterocycles. The third-order valence-corrected chi connectivity index (χ3v) is 6.25. The second-order valence-corrected chi connectivity index (χ2v) is 8.62. The van der Waals surface area contributed by atoms with Gasteiger partial charge in [-0.2, -0.15) is 10.1 Å². The summed E-state index contributed by atoms with van der Waals surface area (Å²) in [7, 11) is 1.95. The molecule has 2 fully saturated rings. The molecule has 6 rings (SSSR count). The Morgan fingerprint density at radius 3 is 2.66 bits per heavy atom. The molecule has 4 aromatic rings. The lowest BCUT2D eigenvalue weighted by Crippen LogP contribution is -2.39. The van der Waals surface area contributed by atoms with Crippen molar-refractivity contribution >= 4 is 17.1 Å². The number of morpholine rings is 1. The van der Waals surface area contributed by atoms with Crippen LogP contribution in [-0.2, 0) is 11.8 Å². The van der Waals surface area contributed by atoms with E-state index in [1.54, 1.807) is 12.5 Å². The van der Waals surface area contributed by atoms with Crippen LogP contribution in [0.3, 0.4) is 0 Å². The Kier molecular flexibility index (Phi) is 4.42. The molecule has 1 atom stereocenters. The fraction of sp³-hybridized carbons (Fsp3) is 0.455. The predicted molar refractivity (Wildman–Crippen MR) is 118 cm³/mol. The van der Waals surface area contributed by atoms with Crippen LogP contribution >= 0.6 is 0 Å². The monoisotopic (exact) mass is 431 g/mol. The second-order valence-electron chi connectivity index (χ2n) is 8.62. The van der Waals surface area contributed by atoms with Gasteiger partial charge < -0.3 is 14.2 Å². The number of rotatable bonds is 4. The number of hydrogen-bond donors (Lipinski definition) is 0. The largest absolute Gasteiger partial charge is 0.370 e. The van der Waals surface area contributed by atoms with Crippen molar-refractivity contribution < 1.29 is 4.74 Å². The molecule has 0 amide bonds. The van der Waals surface area contributed by atoms with Crippen molar-refractivity contribution in [1.82, 2.24) is 39.3 Å². The van der Waals surface area contributed by atoms with E-state index in [0.29, 0.717) is 42.9 Å². The number of ether oxygens (including phenoxy) is 1. The van der Waals surface area contributed by atoms with Crippen molar-refractivity contribution in [1.29, 1.82) is 0 Å². The molecule has 0 aromatic carbocycles. The summed E-state index contributed by atoms with van der Waals surface area (Å²) in [4.78, 5) is 25.7. The summed E-state index contributed by atoms with van der Waals surface area (Å²) in [5.74, 6) is 0.633. The van der Waals surface area contributed by atoms with E-state index in [1.807, 2.05) is 31.7 Å². The average molecular weight is 432 g/mol. The van der Waals surface area contributed by atoms with Gasteiger partial charge in [-0.15, -0.1) is 0 Å². The first-order chi connectivity index (χ1) is 15.6. The van der Waals surface area contributed by atoms with Crippen LogP contribution in [0.1, 0.15) is 41.9 Å². The number of fused-ring (bicyclic) bond motifs is 1. The lowest BCUT2D eigenvalue weighted by molar-refractivity contribution is 0.0392. The molecule has 0 radical (unpaired) electrons. The lowest BCUT2D eigenvalue weighted by atomic mass is 10.1. The molecule has 1 saturated carbocycles. The number of hydrogen-bond acceptors (Lipinski definition) is 8. The van der Waals surface area contributed by atoms with Crippen molar-refractivity contribution in [2.75, 3.05) is 24.6 Å². The minimum atomic E-state index is -0.0680. The van der Waals surface area contributed by atoms with E-state index in [2.05, 4.69) is 25.9 Å². The summed E-state index contributed by atoms with van der Waals surface area (Å²) < 4.78 is 10.1. The van der Waals surface area contributed by atoms with Crippen LogP contribution in [0.2, 0.25) is 0 Å². The molecule has 0 N–H and O–H groups in total. The van der Waals surface area contributed by atoms with E-state index in [-0.39, 0.29) is 6.10 Å². The first-order valence-corrected chi connectivity index (χ1v) is 11.0. The minimum Gasteiger partial charge on any atom is -0.370 e. The molecular formula is C22H25N9O. The molecule has 32 heavy (non-hydrogen) atoms. The number of anilines is 1. The molecular weight excluding hydrogens is 406 g/mol. The molecule has 1 aliphatic carbocycles. The predicted octanol–water partition coefficient (Wildman–Crippen LogP) is 2.55. The highest BCUT2D eigenvalue weighted by molar-refractivity contribution is 5.86. The Hall–Kier alpha value is -3.40. The van der Waals surface area contributed by atoms with Gasteiger partial charge in [-0.3, -0.25) is 4.68 Å². The summed E-state index contributed by atoms with van der Waals surface area (Å²) in [5.41, 5.74) is 5.74. The van der Waals surface area contributed by atoms with Gasteiger partial charge in [-0.25, -0.2) is 19.9 Å². The van der Waals surface area contributed by atoms with E-state index in [1.165, 1.54) is 12.8 Å². The molecule has 0 spiro atoms. The van der Waals surface area contributed by atoms with Gasteiger partial charge in [0.1, 0.15) is 17.3 Å². The number of nitrogens with zero attached hydrogens (tertiary/aromatic N) is 9. The summed E-state index contributed by atoms with van der Waals surface area (Å²) in [6.07, 6.45) is 9.96. The van der Waals surface area contributed by atoms with Gasteiger partial charge in [0.05, 0.1) is 55.0 Å². The molecule has 4 aromatic heterocycles. The highest BCUT2D eigenvalue weighted by atomic mass is 16.5. The van der Waals surface area contributed by atoms with Gasteiger partial charge in [0, 0.05) is 25.4 Å². The van der Waals surface area contributed by atoms with Gasteiger partial charge in [-0.1, -0.05) is 0 Å². The average Bonchev–Trinajstić information content (AvgIpc) is 3.37. The molecule has 164 valence electrons. The third-order valence-electron chi connectivity index (χ3n) is 6.25. The van der Waals surface area contributed by atoms with E-state index in [9.17, 15) is 0 Å². The standard InChI is InChI=1S/C22H25N9O/c1-13-14(2)26-21-20(25-13)19(17-9-23-12-29(17)3)27-22(28-21)30-6-7-32-18(11-30)15-8-24-31(10-15)16-4-5-16/h8-10,12,16,18H,4-7,11H2,1-3H3. The highest BCUT2D eigenvalue weighted by Gasteiger charge is 2.29. The van der Waals surface area contributed by atoms with Gasteiger partial charge >= 0.3 is 0 Å². The molecule has 1 aliphatic heterocycles. The fourth-order valence-corrected chi connectivity index (χ4v) is 4.10. The van der Waals surface area contributed by atoms with Gasteiger partial charge in [0.2, 0.25) is 5.95 Å². The van der Waals surface area contributed by atoms with Crippen LogP contribution < -0.4 is 4.90 Å². The van der Waals surface area contributed by atoms with Crippen molar-refractivity contribution in [2.45, 2.75) is 38.8 Å². The van der Waals surface area contributed by atoms with E-state index >= 15 is 0 Å². The van der Waals surface area contributed by atoms with Crippen molar-refractivity contribution in [3.63, 3.8) is 0 Å². The van der Waals surface area contributed by atoms with Crippen LogP contribution in [0.5, 0.6) is 0 Å². The Morgan fingerprint density at radius 1 is 1.03 bits per heavy atom. The first kappa shape index (κ1) is 19.3. The zero-order valence-corrected chi connectivity index (χ0v) is 18.4. The van der Waals surface area contributed by atoms with Crippen LogP contribution in [-0.4, -0.2) is 59.0 Å². The Labute approximate surface area is 185 Å². The number of aromatic nitrogens is 8. The maximum absolute atomic E-state index is 6.08. The molecule has 1 unspecified atom stereocenters. The molecule has 2 aliphatic rings. The van der Waals surface area contributed by atoms with E-state index < -0.39 is 0 Å². The highest BCUT2D eigenvalue weighted by Crippen LogP contribution is 2.35. The molecule has 10 heteroatoms. The van der Waals surface area contributed by atoms with Gasteiger partial charge in [0.25, 0.3) is 0 Å². The number of imidazole rings is 1. The zero-order valence-electron chi connectivity index (χ0n) is 18.4. The van der Waals surface area contributed by atoms with Crippen molar-refractivity contribution in [3.05, 3.63) is 41.9 Å². The molecule has 0 bridgehead atoms. The minimum absolute atomic E-state index is 0.0680. The Morgan fingerprint density at radius 2 is 1.88 bits per heavy atom. The van der Waals surface area contributed by atoms with E-state index in [0.717, 1.165) is 28.3 Å². The smallest absolute Gasteiger partial charge is 0.228 e. The van der Waals surface area contributed by atoms with Crippen LogP contribution in [0.4, 0.5) is 5.95 Å².